The van der Waals surface area contributed by atoms with E-state index in [9.17, 15) is 0 Å². The van der Waals surface area contributed by atoms with Gasteiger partial charge in [-0.15, -0.1) is 0 Å². The zero-order chi connectivity index (χ0) is 13.6. The summed E-state index contributed by atoms with van der Waals surface area (Å²) in [5, 5.41) is 0.760. The molecule has 0 aliphatic carbocycles. The van der Waals surface area contributed by atoms with Crippen LogP contribution in [0.5, 0.6) is 5.75 Å². The largest absolute Gasteiger partial charge is 0.493 e. The van der Waals surface area contributed by atoms with Gasteiger partial charge in [-0.2, -0.15) is 0 Å². The molecule has 0 fully saturated rings. The first-order chi connectivity index (χ1) is 8.38. The van der Waals surface area contributed by atoms with E-state index in [1.165, 1.54) is 0 Å². The smallest absolute Gasteiger partial charge is 0.119 e. The van der Waals surface area contributed by atoms with Gasteiger partial charge in [0, 0.05) is 23.6 Å². The maximum absolute atomic E-state index is 5.94. The van der Waals surface area contributed by atoms with E-state index in [2.05, 4.69) is 0 Å². The quantitative estimate of drug-likeness (QED) is 0.775. The van der Waals surface area contributed by atoms with Crippen LogP contribution in [-0.2, 0) is 4.74 Å². The van der Waals surface area contributed by atoms with Gasteiger partial charge in [0.05, 0.1) is 13.2 Å². The molecule has 0 spiro atoms. The summed E-state index contributed by atoms with van der Waals surface area (Å²) in [5.74, 6) is 0.844. The Kier molecular flexibility index (Phi) is 5.93. The lowest BCUT2D eigenvalue weighted by Crippen LogP contribution is -2.37. The van der Waals surface area contributed by atoms with Crippen molar-refractivity contribution in [2.75, 3.05) is 19.8 Å². The highest BCUT2D eigenvalue weighted by Crippen LogP contribution is 2.20. The molecule has 0 aliphatic rings. The van der Waals surface area contributed by atoms with Crippen LogP contribution >= 0.6 is 11.6 Å². The summed E-state index contributed by atoms with van der Waals surface area (Å²) < 4.78 is 11.1. The summed E-state index contributed by atoms with van der Waals surface area (Å²) >= 11 is 5.94. The maximum Gasteiger partial charge on any atom is 0.119 e. The number of hydrogen-bond donors (Lipinski definition) is 1. The minimum absolute atomic E-state index is 0.270. The van der Waals surface area contributed by atoms with Crippen LogP contribution in [-0.4, -0.2) is 25.4 Å². The van der Waals surface area contributed by atoms with Crippen LogP contribution in [0, 0.1) is 6.92 Å². The molecule has 0 aliphatic heterocycles. The first-order valence-corrected chi connectivity index (χ1v) is 6.52. The third-order valence-electron chi connectivity index (χ3n) is 2.31. The van der Waals surface area contributed by atoms with E-state index in [-0.39, 0.29) is 5.54 Å². The van der Waals surface area contributed by atoms with E-state index in [0.29, 0.717) is 19.8 Å². The van der Waals surface area contributed by atoms with E-state index in [1.807, 2.05) is 39.0 Å². The Hall–Kier alpha value is -0.770. The Bertz CT molecular complexity index is 375. The molecule has 3 nitrogen and oxygen atoms in total. The summed E-state index contributed by atoms with van der Waals surface area (Å²) in [6, 6.07) is 5.66. The summed E-state index contributed by atoms with van der Waals surface area (Å²) in [4.78, 5) is 0. The van der Waals surface area contributed by atoms with Crippen LogP contribution < -0.4 is 10.5 Å². The van der Waals surface area contributed by atoms with Crippen LogP contribution in [0.4, 0.5) is 0 Å². The molecule has 102 valence electrons. The first-order valence-electron chi connectivity index (χ1n) is 6.14. The number of ether oxygens (including phenoxy) is 2. The fraction of sp³-hybridized carbons (Fsp3) is 0.571. The Morgan fingerprint density at radius 2 is 2.00 bits per heavy atom. The summed E-state index contributed by atoms with van der Waals surface area (Å²) in [7, 11) is 0. The van der Waals surface area contributed by atoms with Crippen LogP contribution in [0.25, 0.3) is 0 Å². The monoisotopic (exact) mass is 271 g/mol. The molecule has 18 heavy (non-hydrogen) atoms. The predicted molar refractivity (Wildman–Crippen MR) is 75.4 cm³/mol. The van der Waals surface area contributed by atoms with Crippen molar-refractivity contribution in [2.24, 2.45) is 5.73 Å². The van der Waals surface area contributed by atoms with Crippen molar-refractivity contribution in [3.63, 3.8) is 0 Å². The molecule has 0 saturated carbocycles. The van der Waals surface area contributed by atoms with Gasteiger partial charge < -0.3 is 15.2 Å². The average molecular weight is 272 g/mol. The fourth-order valence-electron chi connectivity index (χ4n) is 1.39. The van der Waals surface area contributed by atoms with Gasteiger partial charge in [-0.25, -0.2) is 0 Å². The molecule has 1 aromatic rings. The van der Waals surface area contributed by atoms with Gasteiger partial charge in [0.25, 0.3) is 0 Å². The topological polar surface area (TPSA) is 44.5 Å². The summed E-state index contributed by atoms with van der Waals surface area (Å²) in [6.45, 7) is 7.70. The van der Waals surface area contributed by atoms with Crippen molar-refractivity contribution in [1.29, 1.82) is 0 Å². The van der Waals surface area contributed by atoms with Crippen molar-refractivity contribution in [3.05, 3.63) is 28.8 Å². The zero-order valence-electron chi connectivity index (χ0n) is 11.3. The van der Waals surface area contributed by atoms with Crippen LogP contribution in [0.15, 0.2) is 18.2 Å². The van der Waals surface area contributed by atoms with E-state index >= 15 is 0 Å². The van der Waals surface area contributed by atoms with E-state index in [0.717, 1.165) is 22.8 Å². The van der Waals surface area contributed by atoms with Gasteiger partial charge in [0.1, 0.15) is 5.75 Å². The lowest BCUT2D eigenvalue weighted by molar-refractivity contribution is 0.0870. The van der Waals surface area contributed by atoms with Gasteiger partial charge in [0.2, 0.25) is 0 Å². The lowest BCUT2D eigenvalue weighted by Gasteiger charge is -2.18. The Labute approximate surface area is 114 Å². The molecule has 0 bridgehead atoms. The fourth-order valence-corrected chi connectivity index (χ4v) is 1.51. The van der Waals surface area contributed by atoms with Crippen molar-refractivity contribution < 1.29 is 9.47 Å². The Balaban J connectivity index is 2.16. The van der Waals surface area contributed by atoms with Crippen molar-refractivity contribution in [2.45, 2.75) is 32.7 Å². The number of nitrogens with two attached hydrogens (primary N) is 1. The minimum Gasteiger partial charge on any atom is -0.493 e. The molecule has 0 unspecified atom stereocenters. The molecule has 0 radical (unpaired) electrons. The molecule has 4 heteroatoms. The molecule has 2 N–H and O–H groups in total. The molecule has 0 aromatic heterocycles. The molecular formula is C14H22ClNO2. The molecular weight excluding hydrogens is 250 g/mol. The lowest BCUT2D eigenvalue weighted by atomic mass is 10.1. The van der Waals surface area contributed by atoms with Crippen LogP contribution in [0.3, 0.4) is 0 Å². The van der Waals surface area contributed by atoms with Crippen molar-refractivity contribution >= 4 is 11.6 Å². The van der Waals surface area contributed by atoms with Crippen LogP contribution in [0.1, 0.15) is 25.8 Å². The SMILES string of the molecule is Cc1cc(OCCCOCC(C)(C)N)ccc1Cl. The normalized spacial score (nSPS) is 11.6. The van der Waals surface area contributed by atoms with Gasteiger partial charge >= 0.3 is 0 Å². The molecule has 0 atom stereocenters. The number of benzene rings is 1. The molecule has 0 saturated heterocycles. The van der Waals surface area contributed by atoms with E-state index in [4.69, 9.17) is 26.8 Å². The second-order valence-corrected chi connectivity index (χ2v) is 5.56. The Morgan fingerprint density at radius 3 is 2.61 bits per heavy atom. The minimum atomic E-state index is -0.270. The van der Waals surface area contributed by atoms with Crippen molar-refractivity contribution in [3.8, 4) is 5.75 Å². The zero-order valence-corrected chi connectivity index (χ0v) is 12.1. The van der Waals surface area contributed by atoms with Gasteiger partial charge in [0.15, 0.2) is 0 Å². The molecule has 1 rings (SSSR count). The highest BCUT2D eigenvalue weighted by Gasteiger charge is 2.09. The van der Waals surface area contributed by atoms with Crippen LogP contribution in [0.2, 0.25) is 5.02 Å². The second-order valence-electron chi connectivity index (χ2n) is 5.15. The summed E-state index contributed by atoms with van der Waals surface area (Å²) in [5.41, 5.74) is 6.56. The number of hydrogen-bond acceptors (Lipinski definition) is 3. The predicted octanol–water partition coefficient (Wildman–Crippen LogP) is 3.17. The third-order valence-corrected chi connectivity index (χ3v) is 2.73. The summed E-state index contributed by atoms with van der Waals surface area (Å²) in [6.07, 6.45) is 0.845. The second kappa shape index (κ2) is 6.98. The average Bonchev–Trinajstić information content (AvgIpc) is 2.26. The standard InChI is InChI=1S/C14H22ClNO2/c1-11-9-12(5-6-13(11)15)18-8-4-7-17-10-14(2,3)16/h5-6,9H,4,7-8,10,16H2,1-3H3. The third kappa shape index (κ3) is 6.24. The molecule has 0 amide bonds. The highest BCUT2D eigenvalue weighted by molar-refractivity contribution is 6.31. The van der Waals surface area contributed by atoms with Gasteiger partial charge in [-0.1, -0.05) is 11.6 Å². The number of aryl methyl sites for hydroxylation is 1. The van der Waals surface area contributed by atoms with E-state index < -0.39 is 0 Å². The molecule has 0 heterocycles. The van der Waals surface area contributed by atoms with Gasteiger partial charge in [-0.05, 0) is 44.5 Å². The molecule has 1 aromatic carbocycles. The van der Waals surface area contributed by atoms with E-state index in [1.54, 1.807) is 0 Å². The Morgan fingerprint density at radius 1 is 1.28 bits per heavy atom. The number of rotatable bonds is 7. The number of halogens is 1. The van der Waals surface area contributed by atoms with Crippen molar-refractivity contribution in [1.82, 2.24) is 0 Å². The maximum atomic E-state index is 5.94. The first kappa shape index (κ1) is 15.3. The highest BCUT2D eigenvalue weighted by atomic mass is 35.5. The van der Waals surface area contributed by atoms with Gasteiger partial charge in [-0.3, -0.25) is 0 Å².